The third-order valence-electron chi connectivity index (χ3n) is 3.14. The number of thiophene rings is 1. The molecule has 0 saturated heterocycles. The van der Waals surface area contributed by atoms with Gasteiger partial charge < -0.3 is 10.2 Å². The Balaban J connectivity index is 2.04. The molecule has 0 saturated carbocycles. The second-order valence-corrected chi connectivity index (χ2v) is 6.69. The highest BCUT2D eigenvalue weighted by atomic mass is 79.9. The molecule has 1 heterocycles. The molecule has 0 bridgehead atoms. The Bertz CT molecular complexity index is 624. The fraction of sp³-hybridized carbons (Fsp3) is 0.267. The van der Waals surface area contributed by atoms with Gasteiger partial charge in [-0.25, -0.2) is 4.79 Å². The summed E-state index contributed by atoms with van der Waals surface area (Å²) in [6.45, 7) is 4.67. The molecule has 0 atom stereocenters. The minimum Gasteiger partial charge on any atom is -0.322 e. The van der Waals surface area contributed by atoms with Gasteiger partial charge in [0.1, 0.15) is 0 Å². The number of halogens is 1. The second kappa shape index (κ2) is 6.41. The lowest BCUT2D eigenvalue weighted by Crippen LogP contribution is -2.31. The van der Waals surface area contributed by atoms with Gasteiger partial charge in [-0.1, -0.05) is 22.0 Å². The van der Waals surface area contributed by atoms with Gasteiger partial charge in [0, 0.05) is 22.1 Å². The molecule has 0 spiro atoms. The highest BCUT2D eigenvalue weighted by Gasteiger charge is 2.12. The first-order chi connectivity index (χ1) is 9.47. The summed E-state index contributed by atoms with van der Waals surface area (Å²) in [7, 11) is 1.81. The minimum atomic E-state index is -0.0981. The van der Waals surface area contributed by atoms with E-state index in [2.05, 4.69) is 39.6 Å². The van der Waals surface area contributed by atoms with Crippen molar-refractivity contribution in [1.82, 2.24) is 4.90 Å². The SMILES string of the molecule is Cc1ccc(Br)cc1NC(=O)N(C)Cc1sccc1C. The van der Waals surface area contributed by atoms with Gasteiger partial charge in [-0.05, 0) is 48.6 Å². The summed E-state index contributed by atoms with van der Waals surface area (Å²) in [5, 5.41) is 4.99. The zero-order valence-electron chi connectivity index (χ0n) is 11.7. The predicted octanol–water partition coefficient (Wildman–Crippen LogP) is 4.79. The molecule has 2 aromatic rings. The van der Waals surface area contributed by atoms with Crippen molar-refractivity contribution in [2.24, 2.45) is 0 Å². The van der Waals surface area contributed by atoms with Gasteiger partial charge in [0.05, 0.1) is 6.54 Å². The highest BCUT2D eigenvalue weighted by Crippen LogP contribution is 2.22. The lowest BCUT2D eigenvalue weighted by molar-refractivity contribution is 0.221. The van der Waals surface area contributed by atoms with Gasteiger partial charge in [-0.15, -0.1) is 11.3 Å². The first kappa shape index (κ1) is 15.1. The number of nitrogens with zero attached hydrogens (tertiary/aromatic N) is 1. The first-order valence-electron chi connectivity index (χ1n) is 6.28. The van der Waals surface area contributed by atoms with Crippen LogP contribution in [0.5, 0.6) is 0 Å². The predicted molar refractivity (Wildman–Crippen MR) is 88.4 cm³/mol. The van der Waals surface area contributed by atoms with E-state index in [1.807, 2.05) is 32.2 Å². The van der Waals surface area contributed by atoms with E-state index in [1.54, 1.807) is 16.2 Å². The maximum absolute atomic E-state index is 12.2. The number of amides is 2. The van der Waals surface area contributed by atoms with Crippen LogP contribution in [-0.4, -0.2) is 18.0 Å². The maximum Gasteiger partial charge on any atom is 0.321 e. The number of hydrogen-bond donors (Lipinski definition) is 1. The summed E-state index contributed by atoms with van der Waals surface area (Å²) < 4.78 is 0.954. The van der Waals surface area contributed by atoms with Crippen molar-refractivity contribution in [3.8, 4) is 0 Å². The molecule has 0 aliphatic rings. The molecule has 0 radical (unpaired) electrons. The van der Waals surface area contributed by atoms with Crippen molar-refractivity contribution < 1.29 is 4.79 Å². The molecule has 0 fully saturated rings. The Morgan fingerprint density at radius 3 is 2.70 bits per heavy atom. The van der Waals surface area contributed by atoms with Gasteiger partial charge in [0.2, 0.25) is 0 Å². The molecule has 1 N–H and O–H groups in total. The average Bonchev–Trinajstić information content (AvgIpc) is 2.79. The van der Waals surface area contributed by atoms with E-state index in [1.165, 1.54) is 10.4 Å². The normalized spacial score (nSPS) is 10.4. The monoisotopic (exact) mass is 352 g/mol. The number of rotatable bonds is 3. The van der Waals surface area contributed by atoms with Gasteiger partial charge in [-0.3, -0.25) is 0 Å². The summed E-state index contributed by atoms with van der Waals surface area (Å²) in [5.74, 6) is 0. The number of hydrogen-bond acceptors (Lipinski definition) is 2. The van der Waals surface area contributed by atoms with Crippen LogP contribution < -0.4 is 5.32 Å². The number of carbonyl (C=O) groups is 1. The first-order valence-corrected chi connectivity index (χ1v) is 7.96. The molecule has 20 heavy (non-hydrogen) atoms. The van der Waals surface area contributed by atoms with Crippen LogP contribution in [0.2, 0.25) is 0 Å². The van der Waals surface area contributed by atoms with Gasteiger partial charge in [-0.2, -0.15) is 0 Å². The Kier molecular flexibility index (Phi) is 4.83. The fourth-order valence-corrected chi connectivity index (χ4v) is 3.11. The number of urea groups is 1. The molecule has 106 valence electrons. The Morgan fingerprint density at radius 2 is 2.05 bits per heavy atom. The topological polar surface area (TPSA) is 32.3 Å². The van der Waals surface area contributed by atoms with Crippen molar-refractivity contribution in [3.63, 3.8) is 0 Å². The molecule has 3 nitrogen and oxygen atoms in total. The summed E-state index contributed by atoms with van der Waals surface area (Å²) in [4.78, 5) is 15.1. The zero-order valence-corrected chi connectivity index (χ0v) is 14.1. The summed E-state index contributed by atoms with van der Waals surface area (Å²) in [6.07, 6.45) is 0. The quantitative estimate of drug-likeness (QED) is 0.845. The highest BCUT2D eigenvalue weighted by molar-refractivity contribution is 9.10. The van der Waals surface area contributed by atoms with Crippen molar-refractivity contribution in [2.75, 3.05) is 12.4 Å². The number of aryl methyl sites for hydroxylation is 2. The third-order valence-corrected chi connectivity index (χ3v) is 4.64. The molecular weight excluding hydrogens is 336 g/mol. The van der Waals surface area contributed by atoms with Crippen molar-refractivity contribution in [3.05, 3.63) is 50.1 Å². The van der Waals surface area contributed by atoms with Crippen LogP contribution in [0.3, 0.4) is 0 Å². The van der Waals surface area contributed by atoms with Crippen LogP contribution in [0.4, 0.5) is 10.5 Å². The Morgan fingerprint density at radius 1 is 1.30 bits per heavy atom. The standard InChI is InChI=1S/C15H17BrN2OS/c1-10-4-5-12(16)8-13(10)17-15(19)18(3)9-14-11(2)6-7-20-14/h4-8H,9H2,1-3H3,(H,17,19). The smallest absolute Gasteiger partial charge is 0.321 e. The number of nitrogens with one attached hydrogen (secondary N) is 1. The largest absolute Gasteiger partial charge is 0.322 e. The molecule has 0 unspecified atom stereocenters. The molecular formula is C15H17BrN2OS. The lowest BCUT2D eigenvalue weighted by Gasteiger charge is -2.18. The van der Waals surface area contributed by atoms with Crippen molar-refractivity contribution in [1.29, 1.82) is 0 Å². The van der Waals surface area contributed by atoms with Crippen molar-refractivity contribution in [2.45, 2.75) is 20.4 Å². The summed E-state index contributed by atoms with van der Waals surface area (Å²) in [6, 6.07) is 7.83. The van der Waals surface area contributed by atoms with Gasteiger partial charge in [0.15, 0.2) is 0 Å². The maximum atomic E-state index is 12.2. The van der Waals surface area contributed by atoms with E-state index in [9.17, 15) is 4.79 Å². The molecule has 1 aromatic carbocycles. The van der Waals surface area contributed by atoms with Crippen LogP contribution in [0.25, 0.3) is 0 Å². The average molecular weight is 353 g/mol. The van der Waals surface area contributed by atoms with E-state index < -0.39 is 0 Å². The summed E-state index contributed by atoms with van der Waals surface area (Å²) in [5.41, 5.74) is 3.11. The fourth-order valence-electron chi connectivity index (χ4n) is 1.79. The van der Waals surface area contributed by atoms with Crippen LogP contribution in [0, 0.1) is 13.8 Å². The number of anilines is 1. The van der Waals surface area contributed by atoms with E-state index in [0.29, 0.717) is 6.54 Å². The number of carbonyl (C=O) groups excluding carboxylic acids is 1. The Hall–Kier alpha value is -1.33. The van der Waals surface area contributed by atoms with E-state index in [4.69, 9.17) is 0 Å². The van der Waals surface area contributed by atoms with Crippen LogP contribution >= 0.6 is 27.3 Å². The molecule has 5 heteroatoms. The van der Waals surface area contributed by atoms with Crippen molar-refractivity contribution >= 4 is 39.0 Å². The second-order valence-electron chi connectivity index (χ2n) is 4.77. The van der Waals surface area contributed by atoms with E-state index >= 15 is 0 Å². The minimum absolute atomic E-state index is 0.0981. The molecule has 0 aliphatic heterocycles. The van der Waals surface area contributed by atoms with Gasteiger partial charge >= 0.3 is 6.03 Å². The zero-order chi connectivity index (χ0) is 14.7. The van der Waals surface area contributed by atoms with Crippen LogP contribution in [0.15, 0.2) is 34.1 Å². The van der Waals surface area contributed by atoms with Gasteiger partial charge in [0.25, 0.3) is 0 Å². The van der Waals surface area contributed by atoms with E-state index in [-0.39, 0.29) is 6.03 Å². The third kappa shape index (κ3) is 3.61. The summed E-state index contributed by atoms with van der Waals surface area (Å²) >= 11 is 5.10. The Labute approximate surface area is 131 Å². The lowest BCUT2D eigenvalue weighted by atomic mass is 10.2. The molecule has 1 aromatic heterocycles. The van der Waals surface area contributed by atoms with Crippen LogP contribution in [-0.2, 0) is 6.54 Å². The molecule has 0 aliphatic carbocycles. The number of benzene rings is 1. The van der Waals surface area contributed by atoms with Crippen LogP contribution in [0.1, 0.15) is 16.0 Å². The van der Waals surface area contributed by atoms with E-state index in [0.717, 1.165) is 15.7 Å². The molecule has 2 rings (SSSR count). The molecule has 2 amide bonds.